The van der Waals surface area contributed by atoms with Crippen molar-refractivity contribution in [2.45, 2.75) is 17.6 Å². The van der Waals surface area contributed by atoms with Gasteiger partial charge in [0.2, 0.25) is 0 Å². The van der Waals surface area contributed by atoms with Crippen LogP contribution in [0.2, 0.25) is 0 Å². The highest BCUT2D eigenvalue weighted by Crippen LogP contribution is 2.41. The summed E-state index contributed by atoms with van der Waals surface area (Å²) in [5, 5.41) is 12.3. The number of fused-ring (bicyclic) bond motifs is 4. The summed E-state index contributed by atoms with van der Waals surface area (Å²) in [6, 6.07) is 12.3. The molecule has 0 amide bonds. The maximum Gasteiger partial charge on any atom is 0.359 e. The van der Waals surface area contributed by atoms with Gasteiger partial charge in [-0.25, -0.2) is 17.9 Å². The predicted octanol–water partition coefficient (Wildman–Crippen LogP) is 2.88. The van der Waals surface area contributed by atoms with E-state index in [4.69, 9.17) is 4.74 Å². The van der Waals surface area contributed by atoms with Crippen molar-refractivity contribution in [3.05, 3.63) is 59.9 Å². The lowest BCUT2D eigenvalue weighted by atomic mass is 10.1. The Kier molecular flexibility index (Phi) is 3.82. The van der Waals surface area contributed by atoms with Crippen LogP contribution < -0.4 is 0 Å². The van der Waals surface area contributed by atoms with E-state index in [9.17, 15) is 13.2 Å². The Balaban J connectivity index is 1.88. The number of aromatic nitrogens is 4. The molecule has 0 fully saturated rings. The van der Waals surface area contributed by atoms with Gasteiger partial charge in [-0.15, -0.1) is 0 Å². The molecule has 146 valence electrons. The number of hydrogen-bond acceptors (Lipinski definition) is 6. The van der Waals surface area contributed by atoms with Crippen LogP contribution in [0, 0.1) is 0 Å². The van der Waals surface area contributed by atoms with Gasteiger partial charge >= 0.3 is 5.97 Å². The van der Waals surface area contributed by atoms with Crippen molar-refractivity contribution in [3.8, 4) is 16.9 Å². The normalized spacial score (nSPS) is 14.4. The third-order valence-corrected chi connectivity index (χ3v) is 6.65. The van der Waals surface area contributed by atoms with E-state index in [0.717, 1.165) is 10.9 Å². The van der Waals surface area contributed by atoms with E-state index in [1.807, 2.05) is 18.2 Å². The molecule has 0 bridgehead atoms. The average Bonchev–Trinajstić information content (AvgIpc) is 3.32. The van der Waals surface area contributed by atoms with Crippen molar-refractivity contribution >= 4 is 26.7 Å². The fraction of sp³-hybridized carbons (Fsp3) is 0.150. The number of rotatable bonds is 3. The summed E-state index contributed by atoms with van der Waals surface area (Å²) in [6.07, 6.45) is 1.67. The maximum atomic E-state index is 12.9. The number of ether oxygens (including phenoxy) is 1. The molecule has 2 aromatic carbocycles. The summed E-state index contributed by atoms with van der Waals surface area (Å²) in [4.78, 5) is 12.8. The first-order chi connectivity index (χ1) is 14.0. The van der Waals surface area contributed by atoms with Crippen LogP contribution in [0.3, 0.4) is 0 Å². The van der Waals surface area contributed by atoms with Crippen LogP contribution in [-0.4, -0.2) is 41.0 Å². The number of sulfone groups is 1. The molecule has 8 nitrogen and oxygen atoms in total. The molecule has 1 N–H and O–H groups in total. The molecule has 29 heavy (non-hydrogen) atoms. The van der Waals surface area contributed by atoms with Crippen LogP contribution in [0.15, 0.2) is 53.6 Å². The van der Waals surface area contributed by atoms with E-state index in [1.165, 1.54) is 0 Å². The SMILES string of the molecule is CCOC(=O)c1nn(-c2cccc3[nH]ncc23)c2c1CS(=O)(=O)c1ccccc1-2. The second-order valence-electron chi connectivity index (χ2n) is 6.67. The molecule has 9 heteroatoms. The van der Waals surface area contributed by atoms with Gasteiger partial charge in [0.05, 0.1) is 40.4 Å². The lowest BCUT2D eigenvalue weighted by Gasteiger charge is -2.19. The minimum atomic E-state index is -3.61. The second kappa shape index (κ2) is 6.28. The third-order valence-electron chi connectivity index (χ3n) is 4.95. The van der Waals surface area contributed by atoms with Gasteiger partial charge in [-0.2, -0.15) is 10.2 Å². The highest BCUT2D eigenvalue weighted by atomic mass is 32.2. The molecule has 1 aliphatic heterocycles. The van der Waals surface area contributed by atoms with Gasteiger partial charge in [0.15, 0.2) is 15.5 Å². The standard InChI is InChI=1S/C20H16N4O4S/c1-2-28-20(25)18-14-11-29(26,27)17-9-4-3-6-12(17)19(14)24(23-18)16-8-5-7-15-13(16)10-21-22-15/h3-10H,2,11H2,1H3,(H,21,22). The molecule has 3 heterocycles. The number of nitrogens with one attached hydrogen (secondary N) is 1. The smallest absolute Gasteiger partial charge is 0.359 e. The summed E-state index contributed by atoms with van der Waals surface area (Å²) in [5.74, 6) is -0.953. The van der Waals surface area contributed by atoms with Crippen LogP contribution in [0.4, 0.5) is 0 Å². The predicted molar refractivity (Wildman–Crippen MR) is 105 cm³/mol. The number of H-pyrrole nitrogens is 1. The van der Waals surface area contributed by atoms with Crippen LogP contribution >= 0.6 is 0 Å². The summed E-state index contributed by atoms with van der Waals surface area (Å²) in [7, 11) is -3.61. The van der Waals surface area contributed by atoms with Crippen LogP contribution in [0.25, 0.3) is 27.8 Å². The molecule has 0 saturated carbocycles. The number of benzene rings is 2. The zero-order valence-electron chi connectivity index (χ0n) is 15.4. The number of hydrogen-bond donors (Lipinski definition) is 1. The van der Waals surface area contributed by atoms with Gasteiger partial charge in [0, 0.05) is 16.5 Å². The fourth-order valence-electron chi connectivity index (χ4n) is 3.74. The monoisotopic (exact) mass is 408 g/mol. The van der Waals surface area contributed by atoms with E-state index >= 15 is 0 Å². The molecule has 0 saturated heterocycles. The Labute approximate surface area is 166 Å². The van der Waals surface area contributed by atoms with Crippen molar-refractivity contribution in [2.75, 3.05) is 6.61 Å². The molecule has 0 unspecified atom stereocenters. The Morgan fingerprint density at radius 1 is 1.21 bits per heavy atom. The molecule has 5 rings (SSSR count). The van der Waals surface area contributed by atoms with Gasteiger partial charge in [0.1, 0.15) is 0 Å². The third kappa shape index (κ3) is 2.58. The molecule has 0 radical (unpaired) electrons. The van der Waals surface area contributed by atoms with Gasteiger partial charge in [0.25, 0.3) is 0 Å². The minimum absolute atomic E-state index is 0.0143. The maximum absolute atomic E-state index is 12.9. The molecule has 4 aromatic rings. The van der Waals surface area contributed by atoms with E-state index in [-0.39, 0.29) is 22.9 Å². The lowest BCUT2D eigenvalue weighted by molar-refractivity contribution is 0.0518. The van der Waals surface area contributed by atoms with Gasteiger partial charge in [-0.3, -0.25) is 5.10 Å². The highest BCUT2D eigenvalue weighted by Gasteiger charge is 2.36. The Morgan fingerprint density at radius 2 is 2.03 bits per heavy atom. The van der Waals surface area contributed by atoms with Gasteiger partial charge < -0.3 is 4.74 Å². The van der Waals surface area contributed by atoms with E-state index in [0.29, 0.717) is 22.5 Å². The molecule has 1 aliphatic rings. The van der Waals surface area contributed by atoms with Gasteiger partial charge in [-0.1, -0.05) is 24.3 Å². The zero-order valence-corrected chi connectivity index (χ0v) is 16.2. The Hall–Kier alpha value is -3.46. The molecule has 2 aromatic heterocycles. The minimum Gasteiger partial charge on any atom is -0.461 e. The molecular weight excluding hydrogens is 392 g/mol. The van der Waals surface area contributed by atoms with Crippen LogP contribution in [0.5, 0.6) is 0 Å². The Morgan fingerprint density at radius 3 is 2.86 bits per heavy atom. The first-order valence-corrected chi connectivity index (χ1v) is 10.7. The summed E-state index contributed by atoms with van der Waals surface area (Å²) >= 11 is 0. The van der Waals surface area contributed by atoms with Crippen molar-refractivity contribution in [1.82, 2.24) is 20.0 Å². The molecule has 0 spiro atoms. The number of aromatic amines is 1. The zero-order chi connectivity index (χ0) is 20.2. The topological polar surface area (TPSA) is 107 Å². The van der Waals surface area contributed by atoms with Gasteiger partial charge in [-0.05, 0) is 25.1 Å². The van der Waals surface area contributed by atoms with Crippen molar-refractivity contribution in [1.29, 1.82) is 0 Å². The molecular formula is C20H16N4O4S. The van der Waals surface area contributed by atoms with E-state index < -0.39 is 15.8 Å². The quantitative estimate of drug-likeness (QED) is 0.523. The van der Waals surface area contributed by atoms with Crippen LogP contribution in [-0.2, 0) is 20.3 Å². The fourth-order valence-corrected chi connectivity index (χ4v) is 5.33. The Bertz CT molecular complexity index is 1380. The molecule has 0 aliphatic carbocycles. The number of esters is 1. The number of nitrogens with zero attached hydrogens (tertiary/aromatic N) is 3. The summed E-state index contributed by atoms with van der Waals surface area (Å²) in [5.41, 5.74) is 2.95. The average molecular weight is 408 g/mol. The molecule has 0 atom stereocenters. The second-order valence-corrected chi connectivity index (χ2v) is 8.63. The van der Waals surface area contributed by atoms with E-state index in [1.54, 1.807) is 42.1 Å². The highest BCUT2D eigenvalue weighted by molar-refractivity contribution is 7.90. The van der Waals surface area contributed by atoms with E-state index in [2.05, 4.69) is 15.3 Å². The number of carbonyl (C=O) groups excluding carboxylic acids is 1. The first-order valence-electron chi connectivity index (χ1n) is 9.05. The largest absolute Gasteiger partial charge is 0.461 e. The van der Waals surface area contributed by atoms with Crippen molar-refractivity contribution < 1.29 is 17.9 Å². The van der Waals surface area contributed by atoms with Crippen LogP contribution in [0.1, 0.15) is 23.0 Å². The lowest BCUT2D eigenvalue weighted by Crippen LogP contribution is -2.16. The summed E-state index contributed by atoms with van der Waals surface area (Å²) in [6.45, 7) is 1.86. The van der Waals surface area contributed by atoms with Crippen molar-refractivity contribution in [2.24, 2.45) is 0 Å². The number of carbonyl (C=O) groups is 1. The summed E-state index contributed by atoms with van der Waals surface area (Å²) < 4.78 is 32.5. The van der Waals surface area contributed by atoms with Crippen molar-refractivity contribution in [3.63, 3.8) is 0 Å². The first kappa shape index (κ1) is 17.6.